The van der Waals surface area contributed by atoms with Crippen molar-refractivity contribution in [1.82, 2.24) is 15.3 Å². The van der Waals surface area contributed by atoms with E-state index in [-0.39, 0.29) is 12.4 Å². The molecule has 2 aromatic rings. The minimum Gasteiger partial charge on any atom is -0.463 e. The first-order valence-corrected chi connectivity index (χ1v) is 7.54. The lowest BCUT2D eigenvalue weighted by Crippen LogP contribution is -2.30. The Bertz CT molecular complexity index is 498. The fourth-order valence-electron chi connectivity index (χ4n) is 2.21. The van der Waals surface area contributed by atoms with Crippen molar-refractivity contribution in [3.8, 4) is 17.1 Å². The minimum atomic E-state index is 0. The van der Waals surface area contributed by atoms with Gasteiger partial charge in [0, 0.05) is 18.0 Å². The highest BCUT2D eigenvalue weighted by Crippen LogP contribution is 2.21. The third kappa shape index (κ3) is 3.91. The van der Waals surface area contributed by atoms with Crippen LogP contribution >= 0.6 is 23.7 Å². The zero-order chi connectivity index (χ0) is 12.9. The van der Waals surface area contributed by atoms with E-state index in [1.807, 2.05) is 12.4 Å². The van der Waals surface area contributed by atoms with Gasteiger partial charge in [0.25, 0.3) is 0 Å². The van der Waals surface area contributed by atoms with E-state index in [1.54, 1.807) is 11.3 Å². The Labute approximate surface area is 129 Å². The van der Waals surface area contributed by atoms with Crippen LogP contribution in [0.25, 0.3) is 11.1 Å². The van der Waals surface area contributed by atoms with Crippen molar-refractivity contribution < 1.29 is 4.74 Å². The van der Waals surface area contributed by atoms with Gasteiger partial charge in [0.05, 0.1) is 6.61 Å². The van der Waals surface area contributed by atoms with Crippen LogP contribution in [0.3, 0.4) is 0 Å². The van der Waals surface area contributed by atoms with Gasteiger partial charge in [-0.25, -0.2) is 9.97 Å². The summed E-state index contributed by atoms with van der Waals surface area (Å²) in [4.78, 5) is 8.55. The average molecular weight is 312 g/mol. The number of aromatic nitrogens is 2. The van der Waals surface area contributed by atoms with Gasteiger partial charge >= 0.3 is 6.01 Å². The number of rotatable bonds is 4. The summed E-state index contributed by atoms with van der Waals surface area (Å²) in [5.41, 5.74) is 2.20. The van der Waals surface area contributed by atoms with E-state index in [2.05, 4.69) is 32.1 Å². The van der Waals surface area contributed by atoms with Gasteiger partial charge in [-0.15, -0.1) is 12.4 Å². The van der Waals surface area contributed by atoms with Crippen molar-refractivity contribution in [2.45, 2.75) is 12.8 Å². The Morgan fingerprint density at radius 2 is 1.95 bits per heavy atom. The summed E-state index contributed by atoms with van der Waals surface area (Å²) in [5.74, 6) is 0.626. The van der Waals surface area contributed by atoms with Crippen molar-refractivity contribution in [3.05, 3.63) is 29.2 Å². The van der Waals surface area contributed by atoms with Crippen molar-refractivity contribution in [2.24, 2.45) is 5.92 Å². The maximum Gasteiger partial charge on any atom is 0.316 e. The first kappa shape index (κ1) is 15.2. The van der Waals surface area contributed by atoms with E-state index in [9.17, 15) is 0 Å². The molecular weight excluding hydrogens is 294 g/mol. The Kier molecular flexibility index (Phi) is 5.76. The van der Waals surface area contributed by atoms with Crippen LogP contribution in [0.5, 0.6) is 6.01 Å². The second kappa shape index (κ2) is 7.57. The normalized spacial score (nSPS) is 15.6. The summed E-state index contributed by atoms with van der Waals surface area (Å²) in [6.07, 6.45) is 6.00. The molecule has 1 fully saturated rings. The van der Waals surface area contributed by atoms with E-state index in [1.165, 1.54) is 12.8 Å². The largest absolute Gasteiger partial charge is 0.463 e. The maximum absolute atomic E-state index is 5.67. The van der Waals surface area contributed by atoms with Crippen molar-refractivity contribution >= 4 is 23.7 Å². The monoisotopic (exact) mass is 311 g/mol. The molecular formula is C14H18ClN3OS. The van der Waals surface area contributed by atoms with Gasteiger partial charge < -0.3 is 10.1 Å². The number of hydrogen-bond donors (Lipinski definition) is 1. The van der Waals surface area contributed by atoms with Crippen LogP contribution in [-0.4, -0.2) is 29.7 Å². The third-order valence-electron chi connectivity index (χ3n) is 3.39. The Morgan fingerprint density at radius 3 is 2.60 bits per heavy atom. The summed E-state index contributed by atoms with van der Waals surface area (Å²) >= 11 is 1.67. The van der Waals surface area contributed by atoms with Crippen LogP contribution < -0.4 is 10.1 Å². The van der Waals surface area contributed by atoms with Crippen LogP contribution in [0.4, 0.5) is 0 Å². The number of nitrogens with zero attached hydrogens (tertiary/aromatic N) is 2. The fraction of sp³-hybridized carbons (Fsp3) is 0.429. The van der Waals surface area contributed by atoms with Crippen LogP contribution in [0, 0.1) is 5.92 Å². The van der Waals surface area contributed by atoms with Crippen LogP contribution in [0.2, 0.25) is 0 Å². The standard InChI is InChI=1S/C14H17N3OS.ClH/c1-4-15-5-2-11(1)9-18-14-16-7-13(8-17-14)12-3-6-19-10-12;/h3,6-8,10-11,15H,1-2,4-5,9H2;1H. The smallest absolute Gasteiger partial charge is 0.316 e. The first-order chi connectivity index (χ1) is 9.42. The fourth-order valence-corrected chi connectivity index (χ4v) is 2.87. The number of hydrogen-bond acceptors (Lipinski definition) is 5. The third-order valence-corrected chi connectivity index (χ3v) is 4.07. The van der Waals surface area contributed by atoms with Crippen molar-refractivity contribution in [3.63, 3.8) is 0 Å². The van der Waals surface area contributed by atoms with Crippen molar-refractivity contribution in [1.29, 1.82) is 0 Å². The average Bonchev–Trinajstić information content (AvgIpc) is 3.01. The molecule has 0 saturated carbocycles. The Morgan fingerprint density at radius 1 is 1.20 bits per heavy atom. The summed E-state index contributed by atoms with van der Waals surface area (Å²) in [6, 6.07) is 2.55. The maximum atomic E-state index is 5.67. The molecule has 4 nitrogen and oxygen atoms in total. The molecule has 3 rings (SSSR count). The van der Waals surface area contributed by atoms with Gasteiger partial charge in [-0.3, -0.25) is 0 Å². The molecule has 0 aromatic carbocycles. The molecule has 108 valence electrons. The lowest BCUT2D eigenvalue weighted by atomic mass is 9.99. The Balaban J connectivity index is 0.00000147. The molecule has 0 aliphatic carbocycles. The summed E-state index contributed by atoms with van der Waals surface area (Å²) < 4.78 is 5.67. The topological polar surface area (TPSA) is 47.0 Å². The molecule has 0 unspecified atom stereocenters. The van der Waals surface area contributed by atoms with E-state index in [0.717, 1.165) is 30.8 Å². The van der Waals surface area contributed by atoms with Crippen molar-refractivity contribution in [2.75, 3.05) is 19.7 Å². The Hall–Kier alpha value is -1.17. The van der Waals surface area contributed by atoms with Crippen LogP contribution in [-0.2, 0) is 0 Å². The second-order valence-electron chi connectivity index (χ2n) is 4.77. The molecule has 1 aliphatic rings. The number of piperidine rings is 1. The SMILES string of the molecule is Cl.c1cc(-c2cnc(OCC3CCNCC3)nc2)cs1. The molecule has 1 N–H and O–H groups in total. The predicted molar refractivity (Wildman–Crippen MR) is 83.7 cm³/mol. The van der Waals surface area contributed by atoms with E-state index in [4.69, 9.17) is 4.74 Å². The second-order valence-corrected chi connectivity index (χ2v) is 5.55. The molecule has 0 spiro atoms. The van der Waals surface area contributed by atoms with E-state index in [0.29, 0.717) is 11.9 Å². The highest BCUT2D eigenvalue weighted by Gasteiger charge is 2.14. The highest BCUT2D eigenvalue weighted by atomic mass is 35.5. The zero-order valence-corrected chi connectivity index (χ0v) is 12.8. The highest BCUT2D eigenvalue weighted by molar-refractivity contribution is 7.08. The molecule has 1 aliphatic heterocycles. The molecule has 20 heavy (non-hydrogen) atoms. The summed E-state index contributed by atoms with van der Waals surface area (Å²) in [7, 11) is 0. The summed E-state index contributed by atoms with van der Waals surface area (Å²) in [5, 5.41) is 7.49. The van der Waals surface area contributed by atoms with Gasteiger partial charge in [0.1, 0.15) is 0 Å². The molecule has 0 radical (unpaired) electrons. The molecule has 1 saturated heterocycles. The molecule has 0 amide bonds. The quantitative estimate of drug-likeness (QED) is 0.943. The number of thiophene rings is 1. The molecule has 2 aromatic heterocycles. The number of halogens is 1. The first-order valence-electron chi connectivity index (χ1n) is 6.60. The molecule has 6 heteroatoms. The van der Waals surface area contributed by atoms with E-state index >= 15 is 0 Å². The molecule has 0 bridgehead atoms. The van der Waals surface area contributed by atoms with E-state index < -0.39 is 0 Å². The van der Waals surface area contributed by atoms with Gasteiger partial charge in [-0.05, 0) is 54.2 Å². The van der Waals surface area contributed by atoms with Crippen LogP contribution in [0.1, 0.15) is 12.8 Å². The number of ether oxygens (including phenoxy) is 1. The molecule has 0 atom stereocenters. The van der Waals surface area contributed by atoms with Crippen LogP contribution in [0.15, 0.2) is 29.2 Å². The zero-order valence-electron chi connectivity index (χ0n) is 11.1. The number of nitrogens with one attached hydrogen (secondary N) is 1. The lowest BCUT2D eigenvalue weighted by molar-refractivity contribution is 0.202. The van der Waals surface area contributed by atoms with Gasteiger partial charge in [0.2, 0.25) is 0 Å². The molecule has 3 heterocycles. The summed E-state index contributed by atoms with van der Waals surface area (Å²) in [6.45, 7) is 2.90. The predicted octanol–water partition coefficient (Wildman–Crippen LogP) is 3.01. The lowest BCUT2D eigenvalue weighted by Gasteiger charge is -2.21. The van der Waals surface area contributed by atoms with Gasteiger partial charge in [-0.2, -0.15) is 11.3 Å². The minimum absolute atomic E-state index is 0. The van der Waals surface area contributed by atoms with Gasteiger partial charge in [0.15, 0.2) is 0 Å². The van der Waals surface area contributed by atoms with Gasteiger partial charge in [-0.1, -0.05) is 0 Å².